The van der Waals surface area contributed by atoms with E-state index in [2.05, 4.69) is 5.16 Å². The third-order valence-corrected chi connectivity index (χ3v) is 5.68. The number of hydrogen-bond donors (Lipinski definition) is 1. The van der Waals surface area contributed by atoms with Crippen molar-refractivity contribution in [1.29, 1.82) is 0 Å². The number of carbonyl (C=O) groups is 2. The summed E-state index contributed by atoms with van der Waals surface area (Å²) in [5.41, 5.74) is 2.47. The maximum atomic E-state index is 12.9. The minimum atomic E-state index is -0.278. The van der Waals surface area contributed by atoms with E-state index in [1.54, 1.807) is 0 Å². The summed E-state index contributed by atoms with van der Waals surface area (Å²) < 4.78 is 5.38. The first-order chi connectivity index (χ1) is 14.3. The van der Waals surface area contributed by atoms with Gasteiger partial charge in [-0.3, -0.25) is 14.6 Å². The predicted molar refractivity (Wildman–Crippen MR) is 113 cm³/mol. The molecule has 1 heterocycles. The summed E-state index contributed by atoms with van der Waals surface area (Å²) in [6.45, 7) is 3.94. The van der Waals surface area contributed by atoms with Crippen molar-refractivity contribution >= 4 is 23.0 Å². The number of benzene rings is 1. The molecule has 0 bridgehead atoms. The monoisotopic (exact) mass is 406 g/mol. The number of rotatable bonds is 5. The summed E-state index contributed by atoms with van der Waals surface area (Å²) in [6.07, 6.45) is 3.60. The molecule has 6 nitrogen and oxygen atoms in total. The molecule has 1 aromatic carbocycles. The van der Waals surface area contributed by atoms with E-state index in [0.717, 1.165) is 12.8 Å². The van der Waals surface area contributed by atoms with Crippen LogP contribution < -0.4 is 0 Å². The lowest BCUT2D eigenvalue weighted by molar-refractivity contribution is -0.117. The number of allylic oxidation sites excluding steroid dienone is 2. The van der Waals surface area contributed by atoms with Gasteiger partial charge in [-0.15, -0.1) is 0 Å². The van der Waals surface area contributed by atoms with Crippen molar-refractivity contribution < 1.29 is 19.2 Å². The van der Waals surface area contributed by atoms with Crippen LogP contribution in [0.1, 0.15) is 67.8 Å². The fraction of sp³-hybridized carbons (Fsp3) is 0.417. The topological polar surface area (TPSA) is 92.8 Å². The van der Waals surface area contributed by atoms with Gasteiger partial charge < -0.3 is 9.63 Å². The zero-order valence-corrected chi connectivity index (χ0v) is 17.4. The Bertz CT molecular complexity index is 1040. The minimum Gasteiger partial charge on any atom is -0.511 e. The molecule has 2 aliphatic carbocycles. The zero-order valence-electron chi connectivity index (χ0n) is 17.4. The number of aliphatic hydroxyl groups is 1. The number of para-hydroxylation sites is 1. The van der Waals surface area contributed by atoms with E-state index in [9.17, 15) is 14.7 Å². The highest BCUT2D eigenvalue weighted by molar-refractivity contribution is 6.23. The Balaban J connectivity index is 1.68. The number of nitrogens with zero attached hydrogens (tertiary/aromatic N) is 2. The molecular weight excluding hydrogens is 380 g/mol. The molecule has 0 unspecified atom stereocenters. The van der Waals surface area contributed by atoms with Crippen LogP contribution in [0, 0.1) is 5.41 Å². The van der Waals surface area contributed by atoms with Crippen molar-refractivity contribution in [2.24, 2.45) is 10.4 Å². The van der Waals surface area contributed by atoms with Crippen LogP contribution in [0.15, 0.2) is 51.2 Å². The normalized spacial score (nSPS) is 19.2. The molecule has 0 amide bonds. The average Bonchev–Trinajstić information content (AvgIpc) is 3.10. The van der Waals surface area contributed by atoms with E-state index in [1.807, 2.05) is 44.2 Å². The third kappa shape index (κ3) is 4.13. The summed E-state index contributed by atoms with van der Waals surface area (Å²) in [5, 5.41) is 14.8. The molecule has 4 rings (SSSR count). The third-order valence-electron chi connectivity index (χ3n) is 5.68. The average molecular weight is 406 g/mol. The zero-order chi connectivity index (χ0) is 21.3. The van der Waals surface area contributed by atoms with Crippen LogP contribution in [-0.4, -0.2) is 27.5 Å². The van der Waals surface area contributed by atoms with Gasteiger partial charge >= 0.3 is 0 Å². The molecule has 0 atom stereocenters. The van der Waals surface area contributed by atoms with E-state index in [4.69, 9.17) is 9.52 Å². The van der Waals surface area contributed by atoms with Gasteiger partial charge in [0.1, 0.15) is 11.5 Å². The molecule has 0 fully saturated rings. The van der Waals surface area contributed by atoms with Gasteiger partial charge in [0.15, 0.2) is 11.6 Å². The molecular formula is C24H26N2O4. The van der Waals surface area contributed by atoms with Gasteiger partial charge in [0.2, 0.25) is 0 Å². The van der Waals surface area contributed by atoms with Gasteiger partial charge in [-0.25, -0.2) is 0 Å². The number of carbonyl (C=O) groups excluding carboxylic acids is 2. The van der Waals surface area contributed by atoms with E-state index < -0.39 is 0 Å². The van der Waals surface area contributed by atoms with Gasteiger partial charge in [0, 0.05) is 25.7 Å². The second-order valence-corrected chi connectivity index (χ2v) is 8.86. The Kier molecular flexibility index (Phi) is 5.41. The van der Waals surface area contributed by atoms with Crippen molar-refractivity contribution in [2.45, 2.75) is 58.8 Å². The van der Waals surface area contributed by atoms with Crippen molar-refractivity contribution in [3.8, 4) is 0 Å². The predicted octanol–water partition coefficient (Wildman–Crippen LogP) is 5.10. The van der Waals surface area contributed by atoms with Crippen LogP contribution in [0.3, 0.4) is 0 Å². The Labute approximate surface area is 175 Å². The molecule has 1 N–H and O–H groups in total. The second-order valence-electron chi connectivity index (χ2n) is 8.86. The molecule has 30 heavy (non-hydrogen) atoms. The Morgan fingerprint density at radius 3 is 2.63 bits per heavy atom. The molecule has 6 heteroatoms. The molecule has 0 spiro atoms. The molecule has 0 saturated carbocycles. The quantitative estimate of drug-likeness (QED) is 0.697. The standard InChI is InChI=1S/C24H26N2O4/c1-24(2)13-19(28)22(20(29)14-24)16(25-15-7-4-3-5-8-15)11-12-17-23-18(27)9-6-10-21(23)30-26-17/h3-5,7-8,28H,6,9-14H2,1-2H3. The Morgan fingerprint density at radius 1 is 1.13 bits per heavy atom. The van der Waals surface area contributed by atoms with Crippen molar-refractivity contribution in [1.82, 2.24) is 5.16 Å². The number of aliphatic hydroxyl groups excluding tert-OH is 1. The van der Waals surface area contributed by atoms with Crippen molar-refractivity contribution in [3.63, 3.8) is 0 Å². The van der Waals surface area contributed by atoms with E-state index in [0.29, 0.717) is 66.1 Å². The highest BCUT2D eigenvalue weighted by Gasteiger charge is 2.35. The minimum absolute atomic E-state index is 0.0617. The lowest BCUT2D eigenvalue weighted by Crippen LogP contribution is -2.29. The van der Waals surface area contributed by atoms with Crippen molar-refractivity contribution in [3.05, 3.63) is 58.7 Å². The SMILES string of the molecule is CC1(C)CC(=O)C(C(CCc2noc3c2C(=O)CCC3)=Nc2ccccc2)=C(O)C1. The summed E-state index contributed by atoms with van der Waals surface area (Å²) in [5.74, 6) is 0.702. The summed E-state index contributed by atoms with van der Waals surface area (Å²) >= 11 is 0. The molecule has 0 aliphatic heterocycles. The fourth-order valence-corrected chi connectivity index (χ4v) is 4.30. The molecule has 0 radical (unpaired) electrons. The van der Waals surface area contributed by atoms with E-state index in [1.165, 1.54) is 0 Å². The molecule has 0 saturated heterocycles. The van der Waals surface area contributed by atoms with Crippen molar-refractivity contribution in [2.75, 3.05) is 0 Å². The first kappa shape index (κ1) is 20.3. The van der Waals surface area contributed by atoms with Gasteiger partial charge in [0.25, 0.3) is 0 Å². The van der Waals surface area contributed by atoms with Crippen LogP contribution >= 0.6 is 0 Å². The number of aryl methyl sites for hydroxylation is 2. The fourth-order valence-electron chi connectivity index (χ4n) is 4.30. The van der Waals surface area contributed by atoms with Gasteiger partial charge in [-0.05, 0) is 36.8 Å². The number of Topliss-reactive ketones (excluding diaryl/α,β-unsaturated/α-hetero) is 2. The van der Waals surface area contributed by atoms with Crippen LogP contribution in [0.5, 0.6) is 0 Å². The van der Waals surface area contributed by atoms with Gasteiger partial charge in [-0.2, -0.15) is 0 Å². The van der Waals surface area contributed by atoms with Crippen LogP contribution in [0.25, 0.3) is 0 Å². The van der Waals surface area contributed by atoms with E-state index in [-0.39, 0.29) is 22.7 Å². The number of aromatic nitrogens is 1. The highest BCUT2D eigenvalue weighted by Crippen LogP contribution is 2.37. The van der Waals surface area contributed by atoms with Crippen LogP contribution in [-0.2, 0) is 17.6 Å². The lowest BCUT2D eigenvalue weighted by atomic mass is 9.75. The molecule has 2 aliphatic rings. The first-order valence-electron chi connectivity index (χ1n) is 10.4. The maximum absolute atomic E-state index is 12.9. The Hall–Kier alpha value is -3.02. The van der Waals surface area contributed by atoms with Gasteiger partial charge in [-0.1, -0.05) is 37.2 Å². The largest absolute Gasteiger partial charge is 0.511 e. The van der Waals surface area contributed by atoms with Crippen LogP contribution in [0.4, 0.5) is 5.69 Å². The summed E-state index contributed by atoms with van der Waals surface area (Å²) in [6, 6.07) is 9.37. The smallest absolute Gasteiger partial charge is 0.168 e. The summed E-state index contributed by atoms with van der Waals surface area (Å²) in [4.78, 5) is 30.0. The number of ketones is 2. The highest BCUT2D eigenvalue weighted by atomic mass is 16.5. The van der Waals surface area contributed by atoms with Gasteiger partial charge in [0.05, 0.1) is 28.2 Å². The van der Waals surface area contributed by atoms with E-state index >= 15 is 0 Å². The number of fused-ring (bicyclic) bond motifs is 1. The summed E-state index contributed by atoms with van der Waals surface area (Å²) in [7, 11) is 0. The number of aliphatic imine (C=N–C) groups is 1. The lowest BCUT2D eigenvalue weighted by Gasteiger charge is -2.30. The Morgan fingerprint density at radius 2 is 1.90 bits per heavy atom. The maximum Gasteiger partial charge on any atom is 0.168 e. The molecule has 2 aromatic rings. The molecule has 156 valence electrons. The molecule has 1 aromatic heterocycles. The first-order valence-corrected chi connectivity index (χ1v) is 10.4. The second kappa shape index (κ2) is 8.01. The number of hydrogen-bond acceptors (Lipinski definition) is 6. The van der Waals surface area contributed by atoms with Crippen LogP contribution in [0.2, 0.25) is 0 Å².